The number of benzene rings is 2. The van der Waals surface area contributed by atoms with Crippen molar-refractivity contribution in [1.29, 1.82) is 0 Å². The van der Waals surface area contributed by atoms with Crippen LogP contribution in [0, 0.1) is 0 Å². The Kier molecular flexibility index (Phi) is 8.02. The number of alkyl halides is 3. The highest BCUT2D eigenvalue weighted by atomic mass is 19.4. The molecule has 0 unspecified atom stereocenters. The number of pyridine rings is 1. The van der Waals surface area contributed by atoms with Crippen molar-refractivity contribution in [3.63, 3.8) is 0 Å². The number of unbranched alkanes of at least 4 members (excludes halogenated alkanes) is 1. The van der Waals surface area contributed by atoms with Crippen molar-refractivity contribution in [3.8, 4) is 11.1 Å². The monoisotopic (exact) mass is 482 g/mol. The van der Waals surface area contributed by atoms with E-state index >= 15 is 0 Å². The van der Waals surface area contributed by atoms with Crippen molar-refractivity contribution in [2.24, 2.45) is 0 Å². The summed E-state index contributed by atoms with van der Waals surface area (Å²) in [5, 5.41) is 2.94. The maximum absolute atomic E-state index is 13.0. The number of nitrogens with one attached hydrogen (secondary N) is 1. The molecule has 184 valence electrons. The Balaban J connectivity index is 1.14. The molecule has 1 aromatic heterocycles. The summed E-state index contributed by atoms with van der Waals surface area (Å²) in [6, 6.07) is 17.1. The third-order valence-corrected chi connectivity index (χ3v) is 6.20. The minimum absolute atomic E-state index is 0.00602. The van der Waals surface area contributed by atoms with Crippen LogP contribution in [-0.2, 0) is 11.0 Å². The molecule has 1 N–H and O–H groups in total. The number of amides is 1. The molecule has 1 amide bonds. The number of hydrogen-bond acceptors (Lipinski definition) is 4. The van der Waals surface area contributed by atoms with E-state index in [0.29, 0.717) is 25.2 Å². The topological polar surface area (TPSA) is 48.5 Å². The molecule has 35 heavy (non-hydrogen) atoms. The summed E-state index contributed by atoms with van der Waals surface area (Å²) in [7, 11) is 0. The molecule has 1 aliphatic rings. The number of piperazine rings is 1. The van der Waals surface area contributed by atoms with Gasteiger partial charge in [0.25, 0.3) is 0 Å². The summed E-state index contributed by atoms with van der Waals surface area (Å²) in [5.41, 5.74) is 2.85. The van der Waals surface area contributed by atoms with Gasteiger partial charge >= 0.3 is 6.18 Å². The Hall–Kier alpha value is -3.39. The van der Waals surface area contributed by atoms with Crippen molar-refractivity contribution < 1.29 is 18.0 Å². The van der Waals surface area contributed by atoms with Crippen LogP contribution in [0.15, 0.2) is 73.1 Å². The van der Waals surface area contributed by atoms with Crippen molar-refractivity contribution in [1.82, 2.24) is 9.88 Å². The highest BCUT2D eigenvalue weighted by Gasteiger charge is 2.31. The van der Waals surface area contributed by atoms with E-state index in [0.717, 1.165) is 55.4 Å². The molecular weight excluding hydrogens is 453 g/mol. The zero-order valence-corrected chi connectivity index (χ0v) is 19.5. The van der Waals surface area contributed by atoms with Gasteiger partial charge in [-0.2, -0.15) is 13.2 Å². The molecule has 2 heterocycles. The van der Waals surface area contributed by atoms with Crippen LogP contribution in [0.3, 0.4) is 0 Å². The smallest absolute Gasteiger partial charge is 0.369 e. The zero-order chi connectivity index (χ0) is 24.7. The average Bonchev–Trinajstić information content (AvgIpc) is 2.87. The molecular formula is C27H29F3N4O. The lowest BCUT2D eigenvalue weighted by atomic mass is 10.1. The van der Waals surface area contributed by atoms with Crippen LogP contribution < -0.4 is 10.2 Å². The molecule has 0 saturated carbocycles. The molecule has 0 radical (unpaired) electrons. The van der Waals surface area contributed by atoms with Crippen molar-refractivity contribution in [2.75, 3.05) is 42.9 Å². The largest absolute Gasteiger partial charge is 0.416 e. The predicted octanol–water partition coefficient (Wildman–Crippen LogP) is 5.70. The molecule has 2 aromatic carbocycles. The summed E-state index contributed by atoms with van der Waals surface area (Å²) >= 11 is 0. The van der Waals surface area contributed by atoms with E-state index in [9.17, 15) is 18.0 Å². The van der Waals surface area contributed by atoms with Gasteiger partial charge in [-0.05, 0) is 66.9 Å². The molecule has 1 fully saturated rings. The van der Waals surface area contributed by atoms with Crippen LogP contribution in [0.4, 0.5) is 24.5 Å². The first-order valence-electron chi connectivity index (χ1n) is 11.8. The molecule has 3 aromatic rings. The number of anilines is 2. The first-order chi connectivity index (χ1) is 16.9. The Bertz CT molecular complexity index is 1100. The van der Waals surface area contributed by atoms with E-state index < -0.39 is 11.7 Å². The van der Waals surface area contributed by atoms with E-state index in [1.165, 1.54) is 12.1 Å². The molecule has 1 aliphatic heterocycles. The summed E-state index contributed by atoms with van der Waals surface area (Å²) in [6.45, 7) is 3.86. The van der Waals surface area contributed by atoms with Gasteiger partial charge in [0.15, 0.2) is 0 Å². The second-order valence-corrected chi connectivity index (χ2v) is 8.70. The van der Waals surface area contributed by atoms with Crippen molar-refractivity contribution >= 4 is 17.3 Å². The predicted molar refractivity (Wildman–Crippen MR) is 132 cm³/mol. The van der Waals surface area contributed by atoms with Crippen LogP contribution in [0.5, 0.6) is 0 Å². The number of aromatic nitrogens is 1. The van der Waals surface area contributed by atoms with Gasteiger partial charge in [-0.3, -0.25) is 14.7 Å². The maximum atomic E-state index is 13.0. The fourth-order valence-corrected chi connectivity index (χ4v) is 4.23. The van der Waals surface area contributed by atoms with E-state index in [1.54, 1.807) is 18.5 Å². The summed E-state index contributed by atoms with van der Waals surface area (Å²) in [5.74, 6) is -0.00602. The quantitative estimate of drug-likeness (QED) is 0.419. The Morgan fingerprint density at radius 2 is 1.69 bits per heavy atom. The molecule has 0 bridgehead atoms. The number of carbonyl (C=O) groups is 1. The molecule has 8 heteroatoms. The van der Waals surface area contributed by atoms with Gasteiger partial charge in [0, 0.05) is 56.4 Å². The minimum atomic E-state index is -4.33. The zero-order valence-electron chi connectivity index (χ0n) is 19.5. The van der Waals surface area contributed by atoms with Crippen molar-refractivity contribution in [3.05, 3.63) is 78.6 Å². The highest BCUT2D eigenvalue weighted by molar-refractivity contribution is 5.90. The third kappa shape index (κ3) is 7.05. The molecule has 5 nitrogen and oxygen atoms in total. The lowest BCUT2D eigenvalue weighted by Crippen LogP contribution is -2.46. The van der Waals surface area contributed by atoms with Gasteiger partial charge in [-0.25, -0.2) is 0 Å². The van der Waals surface area contributed by atoms with Gasteiger partial charge < -0.3 is 10.2 Å². The summed E-state index contributed by atoms with van der Waals surface area (Å²) < 4.78 is 38.9. The summed E-state index contributed by atoms with van der Waals surface area (Å²) in [4.78, 5) is 20.7. The second-order valence-electron chi connectivity index (χ2n) is 8.70. The lowest BCUT2D eigenvalue weighted by Gasteiger charge is -2.36. The number of halogens is 3. The Morgan fingerprint density at radius 1 is 0.914 bits per heavy atom. The van der Waals surface area contributed by atoms with Gasteiger partial charge in [0.2, 0.25) is 5.91 Å². The van der Waals surface area contributed by atoms with Gasteiger partial charge in [-0.15, -0.1) is 0 Å². The van der Waals surface area contributed by atoms with Gasteiger partial charge in [-0.1, -0.05) is 24.3 Å². The molecule has 4 rings (SSSR count). The molecule has 1 saturated heterocycles. The first kappa shape index (κ1) is 24.7. The van der Waals surface area contributed by atoms with Crippen LogP contribution in [0.25, 0.3) is 11.1 Å². The normalized spacial score (nSPS) is 14.7. The first-order valence-corrected chi connectivity index (χ1v) is 11.8. The highest BCUT2D eigenvalue weighted by Crippen LogP contribution is 2.32. The van der Waals surface area contributed by atoms with Crippen LogP contribution in [0.2, 0.25) is 0 Å². The van der Waals surface area contributed by atoms with Crippen LogP contribution in [0.1, 0.15) is 24.8 Å². The Morgan fingerprint density at radius 3 is 2.37 bits per heavy atom. The number of nitrogens with zero attached hydrogens (tertiary/aromatic N) is 3. The minimum Gasteiger partial charge on any atom is -0.369 e. The number of carbonyl (C=O) groups excluding carboxylic acids is 1. The van der Waals surface area contributed by atoms with Gasteiger partial charge in [0.1, 0.15) is 0 Å². The maximum Gasteiger partial charge on any atom is 0.416 e. The summed E-state index contributed by atoms with van der Waals surface area (Å²) in [6.07, 6.45) is 1.35. The van der Waals surface area contributed by atoms with E-state index in [4.69, 9.17) is 0 Å². The molecule has 0 atom stereocenters. The van der Waals surface area contributed by atoms with E-state index in [1.807, 2.05) is 41.3 Å². The lowest BCUT2D eigenvalue weighted by molar-refractivity contribution is -0.137. The Labute approximate surface area is 203 Å². The van der Waals surface area contributed by atoms with Crippen LogP contribution >= 0.6 is 0 Å². The SMILES string of the molecule is O=C(CCCCN1CCN(c2cccc(C(F)(F)F)c2)CC1)Nc1ccc(-c2cccnc2)cc1. The van der Waals surface area contributed by atoms with Crippen LogP contribution in [-0.4, -0.2) is 48.5 Å². The number of hydrogen-bond donors (Lipinski definition) is 1. The van der Waals surface area contributed by atoms with E-state index in [-0.39, 0.29) is 5.91 Å². The standard InChI is InChI=1S/C27H29F3N4O/c28-27(29,30)23-6-3-7-25(19-23)34-17-15-33(16-18-34)14-2-1-8-26(35)32-24-11-9-21(10-12-24)22-5-4-13-31-20-22/h3-7,9-13,19-20H,1-2,8,14-18H2,(H,32,35). The number of rotatable bonds is 8. The van der Waals surface area contributed by atoms with Gasteiger partial charge in [0.05, 0.1) is 5.56 Å². The van der Waals surface area contributed by atoms with E-state index in [2.05, 4.69) is 15.2 Å². The molecule has 0 spiro atoms. The van der Waals surface area contributed by atoms with Crippen molar-refractivity contribution in [2.45, 2.75) is 25.4 Å². The second kappa shape index (κ2) is 11.4. The average molecular weight is 483 g/mol. The fraction of sp³-hybridized carbons (Fsp3) is 0.333. The third-order valence-electron chi connectivity index (χ3n) is 6.20. The molecule has 0 aliphatic carbocycles. The fourth-order valence-electron chi connectivity index (χ4n) is 4.23.